The van der Waals surface area contributed by atoms with E-state index in [-0.39, 0.29) is 12.5 Å². The minimum absolute atomic E-state index is 0.00308. The maximum atomic E-state index is 11.2. The molecule has 0 aliphatic rings. The van der Waals surface area contributed by atoms with Crippen LogP contribution in [-0.2, 0) is 9.53 Å². The molecule has 1 aromatic heterocycles. The van der Waals surface area contributed by atoms with Gasteiger partial charge in [-0.1, -0.05) is 0 Å². The zero-order valence-corrected chi connectivity index (χ0v) is 8.04. The van der Waals surface area contributed by atoms with Gasteiger partial charge in [-0.2, -0.15) is 5.10 Å². The van der Waals surface area contributed by atoms with Crippen LogP contribution < -0.4 is 11.1 Å². The van der Waals surface area contributed by atoms with Gasteiger partial charge in [0.05, 0.1) is 6.61 Å². The molecular formula is C8H14N4O2. The molecule has 0 aliphatic carbocycles. The highest BCUT2D eigenvalue weighted by Gasteiger charge is 2.03. The highest BCUT2D eigenvalue weighted by Crippen LogP contribution is 2.02. The second kappa shape index (κ2) is 5.36. The smallest absolute Gasteiger partial charge is 0.251 e. The third-order valence-corrected chi connectivity index (χ3v) is 1.47. The molecule has 0 fully saturated rings. The molecular weight excluding hydrogens is 184 g/mol. The van der Waals surface area contributed by atoms with E-state index in [1.165, 1.54) is 0 Å². The van der Waals surface area contributed by atoms with Crippen molar-refractivity contribution in [3.63, 3.8) is 0 Å². The van der Waals surface area contributed by atoms with Gasteiger partial charge in [-0.15, -0.1) is 0 Å². The van der Waals surface area contributed by atoms with E-state index in [9.17, 15) is 4.79 Å². The summed E-state index contributed by atoms with van der Waals surface area (Å²) in [6, 6.07) is 1.74. The van der Waals surface area contributed by atoms with E-state index in [4.69, 9.17) is 10.5 Å². The van der Waals surface area contributed by atoms with Crippen molar-refractivity contribution in [3.8, 4) is 0 Å². The summed E-state index contributed by atoms with van der Waals surface area (Å²) in [5.41, 5.74) is 6.09. The first-order valence-electron chi connectivity index (χ1n) is 4.32. The van der Waals surface area contributed by atoms with Crippen molar-refractivity contribution in [2.45, 2.75) is 6.92 Å². The minimum atomic E-state index is -0.232. The Labute approximate surface area is 81.8 Å². The molecule has 6 nitrogen and oxygen atoms in total. The van der Waals surface area contributed by atoms with Crippen molar-refractivity contribution < 1.29 is 9.53 Å². The van der Waals surface area contributed by atoms with Gasteiger partial charge in [0.2, 0.25) is 0 Å². The zero-order chi connectivity index (χ0) is 10.4. The summed E-state index contributed by atoms with van der Waals surface area (Å²) in [6.45, 7) is 2.65. The van der Waals surface area contributed by atoms with Crippen LogP contribution in [0.15, 0.2) is 6.07 Å². The van der Waals surface area contributed by atoms with Gasteiger partial charge in [0.25, 0.3) is 5.91 Å². The van der Waals surface area contributed by atoms with Gasteiger partial charge < -0.3 is 15.8 Å². The summed E-state index contributed by atoms with van der Waals surface area (Å²) in [5.74, 6) is 0.272. The average molecular weight is 198 g/mol. The van der Waals surface area contributed by atoms with Gasteiger partial charge in [0, 0.05) is 18.3 Å². The number of ether oxygens (including phenoxy) is 1. The molecule has 1 heterocycles. The van der Waals surface area contributed by atoms with Gasteiger partial charge in [-0.25, -0.2) is 0 Å². The SMILES string of the molecule is Cc1cc(NC(=O)COCCN)n[nH]1. The summed E-state index contributed by atoms with van der Waals surface area (Å²) in [5, 5.41) is 9.14. The van der Waals surface area contributed by atoms with E-state index in [0.717, 1.165) is 5.69 Å². The molecule has 0 aromatic carbocycles. The molecule has 1 amide bonds. The van der Waals surface area contributed by atoms with Crippen LogP contribution >= 0.6 is 0 Å². The fourth-order valence-corrected chi connectivity index (χ4v) is 0.909. The Bertz CT molecular complexity index is 297. The van der Waals surface area contributed by atoms with Crippen LogP contribution in [0.3, 0.4) is 0 Å². The number of hydrogen-bond donors (Lipinski definition) is 3. The number of aromatic amines is 1. The molecule has 0 saturated carbocycles. The number of aryl methyl sites for hydroxylation is 1. The molecule has 0 aliphatic heterocycles. The van der Waals surface area contributed by atoms with Gasteiger partial charge in [0.15, 0.2) is 5.82 Å². The summed E-state index contributed by atoms with van der Waals surface area (Å²) in [6.07, 6.45) is 0. The van der Waals surface area contributed by atoms with Crippen molar-refractivity contribution in [1.29, 1.82) is 0 Å². The minimum Gasteiger partial charge on any atom is -0.370 e. The first-order chi connectivity index (χ1) is 6.72. The molecule has 1 rings (SSSR count). The van der Waals surface area contributed by atoms with Crippen molar-refractivity contribution in [3.05, 3.63) is 11.8 Å². The number of hydrogen-bond acceptors (Lipinski definition) is 4. The Kier molecular flexibility index (Phi) is 4.09. The monoisotopic (exact) mass is 198 g/mol. The third-order valence-electron chi connectivity index (χ3n) is 1.47. The maximum Gasteiger partial charge on any atom is 0.251 e. The Hall–Kier alpha value is -1.40. The van der Waals surface area contributed by atoms with E-state index in [0.29, 0.717) is 19.0 Å². The highest BCUT2D eigenvalue weighted by molar-refractivity contribution is 5.90. The number of amides is 1. The summed E-state index contributed by atoms with van der Waals surface area (Å²) in [4.78, 5) is 11.2. The van der Waals surface area contributed by atoms with Crippen LogP contribution in [-0.4, -0.2) is 35.9 Å². The summed E-state index contributed by atoms with van der Waals surface area (Å²) in [7, 11) is 0. The highest BCUT2D eigenvalue weighted by atomic mass is 16.5. The quantitative estimate of drug-likeness (QED) is 0.563. The second-order valence-electron chi connectivity index (χ2n) is 2.83. The summed E-state index contributed by atoms with van der Waals surface area (Å²) < 4.78 is 4.95. The molecule has 0 saturated heterocycles. The van der Waals surface area contributed by atoms with Crippen LogP contribution in [0, 0.1) is 6.92 Å². The Morgan fingerprint density at radius 2 is 2.57 bits per heavy atom. The molecule has 0 bridgehead atoms. The van der Waals surface area contributed by atoms with E-state index in [2.05, 4.69) is 15.5 Å². The van der Waals surface area contributed by atoms with Gasteiger partial charge >= 0.3 is 0 Å². The lowest BCUT2D eigenvalue weighted by Gasteiger charge is -2.01. The molecule has 1 aromatic rings. The Morgan fingerprint density at radius 3 is 3.14 bits per heavy atom. The van der Waals surface area contributed by atoms with Crippen molar-refractivity contribution in [2.24, 2.45) is 5.73 Å². The number of anilines is 1. The number of rotatable bonds is 5. The topological polar surface area (TPSA) is 93.0 Å². The van der Waals surface area contributed by atoms with Crippen molar-refractivity contribution in [2.75, 3.05) is 25.1 Å². The Balaban J connectivity index is 2.27. The lowest BCUT2D eigenvalue weighted by atomic mass is 10.4. The van der Waals surface area contributed by atoms with Crippen LogP contribution in [0.1, 0.15) is 5.69 Å². The van der Waals surface area contributed by atoms with Crippen LogP contribution in [0.4, 0.5) is 5.82 Å². The van der Waals surface area contributed by atoms with Crippen molar-refractivity contribution in [1.82, 2.24) is 10.2 Å². The molecule has 0 unspecified atom stereocenters. The van der Waals surface area contributed by atoms with E-state index in [1.54, 1.807) is 6.07 Å². The largest absolute Gasteiger partial charge is 0.370 e. The summed E-state index contributed by atoms with van der Waals surface area (Å²) >= 11 is 0. The van der Waals surface area contributed by atoms with Gasteiger partial charge in [-0.3, -0.25) is 9.89 Å². The number of carbonyl (C=O) groups excluding carboxylic acids is 1. The average Bonchev–Trinajstić information content (AvgIpc) is 2.52. The number of nitrogens with two attached hydrogens (primary N) is 1. The predicted molar refractivity (Wildman–Crippen MR) is 51.8 cm³/mol. The van der Waals surface area contributed by atoms with Gasteiger partial charge in [0.1, 0.15) is 6.61 Å². The lowest BCUT2D eigenvalue weighted by molar-refractivity contribution is -0.120. The fourth-order valence-electron chi connectivity index (χ4n) is 0.909. The molecule has 78 valence electrons. The van der Waals surface area contributed by atoms with Crippen molar-refractivity contribution >= 4 is 11.7 Å². The van der Waals surface area contributed by atoms with E-state index in [1.807, 2.05) is 6.92 Å². The van der Waals surface area contributed by atoms with Crippen LogP contribution in [0.25, 0.3) is 0 Å². The Morgan fingerprint density at radius 1 is 1.79 bits per heavy atom. The normalized spacial score (nSPS) is 10.1. The first-order valence-corrected chi connectivity index (χ1v) is 4.32. The van der Waals surface area contributed by atoms with E-state index >= 15 is 0 Å². The molecule has 4 N–H and O–H groups in total. The predicted octanol–water partition coefficient (Wildman–Crippen LogP) is -0.368. The lowest BCUT2D eigenvalue weighted by Crippen LogP contribution is -2.20. The first kappa shape index (κ1) is 10.7. The number of H-pyrrole nitrogens is 1. The third kappa shape index (κ3) is 3.55. The van der Waals surface area contributed by atoms with Crippen LogP contribution in [0.5, 0.6) is 0 Å². The molecule has 0 spiro atoms. The van der Waals surface area contributed by atoms with Crippen LogP contribution in [0.2, 0.25) is 0 Å². The number of nitrogens with one attached hydrogen (secondary N) is 2. The standard InChI is InChI=1S/C8H14N4O2/c1-6-4-7(12-11-6)10-8(13)5-14-3-2-9/h4H,2-3,5,9H2,1H3,(H2,10,11,12,13). The number of carbonyl (C=O) groups is 1. The van der Waals surface area contributed by atoms with E-state index < -0.39 is 0 Å². The molecule has 0 atom stereocenters. The molecule has 6 heteroatoms. The molecule has 0 radical (unpaired) electrons. The fraction of sp³-hybridized carbons (Fsp3) is 0.500. The zero-order valence-electron chi connectivity index (χ0n) is 8.04. The number of nitrogens with zero attached hydrogens (tertiary/aromatic N) is 1. The molecule has 14 heavy (non-hydrogen) atoms. The number of aromatic nitrogens is 2. The second-order valence-corrected chi connectivity index (χ2v) is 2.83. The maximum absolute atomic E-state index is 11.2. The van der Waals surface area contributed by atoms with Gasteiger partial charge in [-0.05, 0) is 6.92 Å².